The number of carboxylic acids is 1. The number of carbonyl (C=O) groups excluding carboxylic acids is 1. The number of halogens is 3. The number of aliphatic carboxylic acids is 1. The number of hydrogen-bond acceptors (Lipinski definition) is 3. The Labute approximate surface area is 118 Å². The second-order valence-corrected chi connectivity index (χ2v) is 4.96. The highest BCUT2D eigenvalue weighted by molar-refractivity contribution is 5.92. The third kappa shape index (κ3) is 3.53. The summed E-state index contributed by atoms with van der Waals surface area (Å²) in [7, 11) is 1.35. The predicted octanol–water partition coefficient (Wildman–Crippen LogP) is 1.78. The number of hydrogen-bond donors (Lipinski definition) is 1. The van der Waals surface area contributed by atoms with Crippen LogP contribution >= 0.6 is 0 Å². The fourth-order valence-corrected chi connectivity index (χ4v) is 1.85. The molecule has 0 atom stereocenters. The van der Waals surface area contributed by atoms with Crippen LogP contribution in [0.15, 0.2) is 6.07 Å². The fraction of sp³-hybridized carbons (Fsp3) is 0.583. The van der Waals surface area contributed by atoms with Crippen molar-refractivity contribution in [1.29, 1.82) is 0 Å². The Morgan fingerprint density at radius 2 is 2.10 bits per heavy atom. The van der Waals surface area contributed by atoms with Crippen molar-refractivity contribution < 1.29 is 27.9 Å². The van der Waals surface area contributed by atoms with Gasteiger partial charge in [0.1, 0.15) is 5.69 Å². The van der Waals surface area contributed by atoms with Gasteiger partial charge in [0.25, 0.3) is 5.91 Å². The van der Waals surface area contributed by atoms with E-state index in [1.807, 2.05) is 0 Å². The second kappa shape index (κ2) is 5.38. The van der Waals surface area contributed by atoms with E-state index in [1.165, 1.54) is 7.05 Å². The van der Waals surface area contributed by atoms with Crippen molar-refractivity contribution in [2.75, 3.05) is 13.6 Å². The molecule has 2 rings (SSSR count). The second-order valence-electron chi connectivity index (χ2n) is 4.96. The zero-order valence-corrected chi connectivity index (χ0v) is 11.2. The van der Waals surface area contributed by atoms with Gasteiger partial charge in [0.2, 0.25) is 0 Å². The molecule has 0 aromatic carbocycles. The third-order valence-electron chi connectivity index (χ3n) is 3.15. The highest BCUT2D eigenvalue weighted by Gasteiger charge is 2.39. The Balaban J connectivity index is 2.23. The molecule has 0 bridgehead atoms. The Hall–Kier alpha value is -2.06. The molecule has 116 valence electrons. The minimum absolute atomic E-state index is 0.0780. The molecule has 1 fully saturated rings. The molecular weight excluding hydrogens is 291 g/mol. The summed E-state index contributed by atoms with van der Waals surface area (Å²) >= 11 is 0. The van der Waals surface area contributed by atoms with Crippen molar-refractivity contribution >= 4 is 11.9 Å². The van der Waals surface area contributed by atoms with Crippen LogP contribution in [-0.4, -0.2) is 45.3 Å². The van der Waals surface area contributed by atoms with Crippen molar-refractivity contribution in [3.63, 3.8) is 0 Å². The van der Waals surface area contributed by atoms with E-state index in [9.17, 15) is 22.8 Å². The van der Waals surface area contributed by atoms with Crippen LogP contribution in [0.3, 0.4) is 0 Å². The number of carboxylic acid groups (broad SMARTS) is 1. The average Bonchev–Trinajstić information content (AvgIpc) is 3.12. The van der Waals surface area contributed by atoms with Gasteiger partial charge in [-0.3, -0.25) is 14.3 Å². The van der Waals surface area contributed by atoms with E-state index >= 15 is 0 Å². The zero-order valence-electron chi connectivity index (χ0n) is 11.2. The quantitative estimate of drug-likeness (QED) is 0.900. The molecule has 0 saturated heterocycles. The number of alkyl halides is 3. The number of aromatic nitrogens is 2. The molecule has 21 heavy (non-hydrogen) atoms. The van der Waals surface area contributed by atoms with Gasteiger partial charge in [-0.05, 0) is 12.8 Å². The molecule has 6 nitrogen and oxygen atoms in total. The van der Waals surface area contributed by atoms with Crippen molar-refractivity contribution in [2.24, 2.45) is 0 Å². The minimum Gasteiger partial charge on any atom is -0.481 e. The van der Waals surface area contributed by atoms with Crippen molar-refractivity contribution in [3.8, 4) is 0 Å². The summed E-state index contributed by atoms with van der Waals surface area (Å²) in [5.74, 6) is -1.74. The molecule has 0 radical (unpaired) electrons. The minimum atomic E-state index is -4.62. The lowest BCUT2D eigenvalue weighted by Crippen LogP contribution is -2.30. The van der Waals surface area contributed by atoms with E-state index < -0.39 is 23.7 Å². The molecule has 1 heterocycles. The van der Waals surface area contributed by atoms with Gasteiger partial charge in [-0.2, -0.15) is 18.3 Å². The van der Waals surface area contributed by atoms with Crippen LogP contribution in [-0.2, 0) is 11.0 Å². The van der Waals surface area contributed by atoms with Crippen LogP contribution < -0.4 is 0 Å². The summed E-state index contributed by atoms with van der Waals surface area (Å²) in [6.45, 7) is -0.0780. The van der Waals surface area contributed by atoms with Crippen LogP contribution in [0.4, 0.5) is 13.2 Å². The lowest BCUT2D eigenvalue weighted by molar-refractivity contribution is -0.141. The van der Waals surface area contributed by atoms with Gasteiger partial charge in [0, 0.05) is 19.7 Å². The summed E-state index contributed by atoms with van der Waals surface area (Å²) in [6, 6.07) is 0.533. The van der Waals surface area contributed by atoms with Gasteiger partial charge < -0.3 is 10.0 Å². The van der Waals surface area contributed by atoms with Crippen LogP contribution in [0.25, 0.3) is 0 Å². The largest absolute Gasteiger partial charge is 0.481 e. The first-order valence-electron chi connectivity index (χ1n) is 6.34. The summed E-state index contributed by atoms with van der Waals surface area (Å²) in [5, 5.41) is 12.0. The molecule has 9 heteroatoms. The van der Waals surface area contributed by atoms with Gasteiger partial charge in [0.05, 0.1) is 12.5 Å². The number of rotatable bonds is 5. The summed E-state index contributed by atoms with van der Waals surface area (Å²) in [6.07, 6.45) is -3.53. The first-order chi connectivity index (χ1) is 9.70. The smallest absolute Gasteiger partial charge is 0.435 e. The van der Waals surface area contributed by atoms with E-state index in [0.717, 1.165) is 15.6 Å². The molecule has 0 spiro atoms. The van der Waals surface area contributed by atoms with E-state index in [-0.39, 0.29) is 24.7 Å². The monoisotopic (exact) mass is 305 g/mol. The topological polar surface area (TPSA) is 75.4 Å². The number of nitrogens with zero attached hydrogens (tertiary/aromatic N) is 3. The molecule has 1 amide bonds. The van der Waals surface area contributed by atoms with Crippen LogP contribution in [0.2, 0.25) is 0 Å². The molecule has 1 aliphatic rings. The van der Waals surface area contributed by atoms with Crippen molar-refractivity contribution in [3.05, 3.63) is 17.5 Å². The molecule has 1 aliphatic carbocycles. The maximum absolute atomic E-state index is 12.7. The van der Waals surface area contributed by atoms with Gasteiger partial charge in [-0.15, -0.1) is 0 Å². The Morgan fingerprint density at radius 1 is 1.48 bits per heavy atom. The molecule has 0 unspecified atom stereocenters. The van der Waals surface area contributed by atoms with E-state index in [4.69, 9.17) is 5.11 Å². The van der Waals surface area contributed by atoms with Crippen molar-refractivity contribution in [2.45, 2.75) is 31.5 Å². The third-order valence-corrected chi connectivity index (χ3v) is 3.15. The summed E-state index contributed by atoms with van der Waals surface area (Å²) in [4.78, 5) is 23.7. The Kier molecular flexibility index (Phi) is 3.93. The summed E-state index contributed by atoms with van der Waals surface area (Å²) < 4.78 is 39.2. The number of carbonyl (C=O) groups is 2. The Morgan fingerprint density at radius 3 is 2.57 bits per heavy atom. The molecule has 1 aromatic heterocycles. The van der Waals surface area contributed by atoms with Gasteiger partial charge >= 0.3 is 12.1 Å². The van der Waals surface area contributed by atoms with Crippen LogP contribution in [0.5, 0.6) is 0 Å². The van der Waals surface area contributed by atoms with Crippen molar-refractivity contribution in [1.82, 2.24) is 14.7 Å². The predicted molar refractivity (Wildman–Crippen MR) is 64.7 cm³/mol. The maximum Gasteiger partial charge on any atom is 0.435 e. The lowest BCUT2D eigenvalue weighted by atomic mass is 10.3. The van der Waals surface area contributed by atoms with E-state index in [0.29, 0.717) is 12.8 Å². The molecule has 1 N–H and O–H groups in total. The summed E-state index contributed by atoms with van der Waals surface area (Å²) in [5.41, 5.74) is -1.26. The standard InChI is InChI=1S/C12H14F3N3O3/c1-17(5-4-10(19)20)11(21)8-6-9(12(13,14)15)16-18(8)7-2-3-7/h6-7H,2-5H2,1H3,(H,19,20). The van der Waals surface area contributed by atoms with Crippen LogP contribution in [0.1, 0.15) is 41.5 Å². The first kappa shape index (κ1) is 15.3. The molecular formula is C12H14F3N3O3. The molecule has 1 saturated carbocycles. The zero-order chi connectivity index (χ0) is 15.8. The molecule has 0 aliphatic heterocycles. The highest BCUT2D eigenvalue weighted by Crippen LogP contribution is 2.38. The van der Waals surface area contributed by atoms with Gasteiger partial charge in [-0.1, -0.05) is 0 Å². The first-order valence-corrected chi connectivity index (χ1v) is 6.34. The van der Waals surface area contributed by atoms with E-state index in [2.05, 4.69) is 5.10 Å². The fourth-order valence-electron chi connectivity index (χ4n) is 1.85. The van der Waals surface area contributed by atoms with Gasteiger partial charge in [-0.25, -0.2) is 0 Å². The SMILES string of the molecule is CN(CCC(=O)O)C(=O)c1cc(C(F)(F)F)nn1C1CC1. The highest BCUT2D eigenvalue weighted by atomic mass is 19.4. The molecule has 1 aromatic rings. The van der Waals surface area contributed by atoms with Crippen LogP contribution in [0, 0.1) is 0 Å². The Bertz CT molecular complexity index is 564. The van der Waals surface area contributed by atoms with E-state index in [1.54, 1.807) is 0 Å². The number of amides is 1. The average molecular weight is 305 g/mol. The lowest BCUT2D eigenvalue weighted by Gasteiger charge is -2.16. The maximum atomic E-state index is 12.7. The normalized spacial score (nSPS) is 15.0. The van der Waals surface area contributed by atoms with Gasteiger partial charge in [0.15, 0.2) is 5.69 Å².